The van der Waals surface area contributed by atoms with Crippen LogP contribution in [0.15, 0.2) is 65.5 Å². The van der Waals surface area contributed by atoms with Gasteiger partial charge in [-0.05, 0) is 50.6 Å². The van der Waals surface area contributed by atoms with Crippen molar-refractivity contribution in [2.24, 2.45) is 7.05 Å². The number of carboxylic acids is 1. The van der Waals surface area contributed by atoms with Gasteiger partial charge < -0.3 is 10.4 Å². The molecule has 6 heteroatoms. The minimum Gasteiger partial charge on any atom is -0.478 e. The first-order valence-corrected chi connectivity index (χ1v) is 10.4. The fourth-order valence-corrected chi connectivity index (χ4v) is 4.03. The van der Waals surface area contributed by atoms with Crippen LogP contribution in [-0.2, 0) is 7.05 Å². The highest BCUT2D eigenvalue weighted by Crippen LogP contribution is 2.29. The number of aromatic carboxylic acids is 1. The maximum absolute atomic E-state index is 13.3. The van der Waals surface area contributed by atoms with Crippen LogP contribution in [0.25, 0.3) is 22.3 Å². The summed E-state index contributed by atoms with van der Waals surface area (Å²) in [6.45, 7) is 5.89. The number of hydrogen-bond donors (Lipinski definition) is 2. The molecule has 1 heterocycles. The van der Waals surface area contributed by atoms with E-state index in [1.165, 1.54) is 0 Å². The highest BCUT2D eigenvalue weighted by atomic mass is 16.4. The largest absolute Gasteiger partial charge is 0.478 e. The number of nitrogens with one attached hydrogen (secondary N) is 1. The monoisotopic (exact) mass is 427 g/mol. The topological polar surface area (TPSA) is 84.2 Å². The molecule has 0 spiro atoms. The normalized spacial score (nSPS) is 12.0. The van der Waals surface area contributed by atoms with Gasteiger partial charge in [0.25, 0.3) is 5.56 Å². The summed E-state index contributed by atoms with van der Waals surface area (Å²) in [5.74, 6) is -0.405. The number of carboxylic acid groups (broad SMARTS) is 1. The molecule has 1 unspecified atom stereocenters. The zero-order valence-electron chi connectivity index (χ0n) is 18.5. The molecule has 1 aromatic heterocycles. The van der Waals surface area contributed by atoms with Crippen molar-refractivity contribution in [3.8, 4) is 11.4 Å². The Morgan fingerprint density at radius 3 is 2.50 bits per heavy atom. The highest BCUT2D eigenvalue weighted by Gasteiger charge is 2.19. The molecule has 0 bridgehead atoms. The van der Waals surface area contributed by atoms with Crippen LogP contribution < -0.4 is 10.9 Å². The number of rotatable bonds is 5. The number of fused-ring (bicyclic) bond motifs is 1. The Kier molecular flexibility index (Phi) is 5.53. The van der Waals surface area contributed by atoms with Gasteiger partial charge >= 0.3 is 5.97 Å². The van der Waals surface area contributed by atoms with E-state index < -0.39 is 5.97 Å². The molecule has 6 nitrogen and oxygen atoms in total. The number of nitrogens with zero attached hydrogens (tertiary/aromatic N) is 2. The van der Waals surface area contributed by atoms with Gasteiger partial charge in [0.2, 0.25) is 0 Å². The maximum atomic E-state index is 13.3. The first-order valence-electron chi connectivity index (χ1n) is 10.4. The van der Waals surface area contributed by atoms with E-state index >= 15 is 0 Å². The summed E-state index contributed by atoms with van der Waals surface area (Å²) >= 11 is 0. The lowest BCUT2D eigenvalue weighted by molar-refractivity contribution is 0.0698. The van der Waals surface area contributed by atoms with Gasteiger partial charge in [-0.3, -0.25) is 9.36 Å². The molecular formula is C26H25N3O3. The van der Waals surface area contributed by atoms with Crippen molar-refractivity contribution in [2.75, 3.05) is 5.32 Å². The highest BCUT2D eigenvalue weighted by molar-refractivity contribution is 5.94. The Morgan fingerprint density at radius 2 is 1.78 bits per heavy atom. The third-order valence-corrected chi connectivity index (χ3v) is 5.63. The summed E-state index contributed by atoms with van der Waals surface area (Å²) in [6.07, 6.45) is 0. The molecule has 0 aliphatic heterocycles. The van der Waals surface area contributed by atoms with Gasteiger partial charge in [-0.1, -0.05) is 42.0 Å². The quantitative estimate of drug-likeness (QED) is 0.464. The minimum absolute atomic E-state index is 0.116. The number of benzene rings is 3. The van der Waals surface area contributed by atoms with Crippen molar-refractivity contribution in [3.05, 3.63) is 93.3 Å². The van der Waals surface area contributed by atoms with E-state index in [4.69, 9.17) is 4.98 Å². The fraction of sp³-hybridized carbons (Fsp3) is 0.192. The van der Waals surface area contributed by atoms with Gasteiger partial charge in [0, 0.05) is 23.9 Å². The van der Waals surface area contributed by atoms with Crippen LogP contribution in [0.1, 0.15) is 40.0 Å². The molecule has 0 fully saturated rings. The first kappa shape index (κ1) is 21.3. The second kappa shape index (κ2) is 8.30. The number of hydrogen-bond acceptors (Lipinski definition) is 4. The van der Waals surface area contributed by atoms with Crippen LogP contribution in [0.2, 0.25) is 0 Å². The van der Waals surface area contributed by atoms with Crippen molar-refractivity contribution in [2.45, 2.75) is 26.8 Å². The lowest BCUT2D eigenvalue weighted by Gasteiger charge is -2.20. The standard InChI is InChI=1S/C26H25N3O3/c1-15-8-7-9-18(12-15)24-28-23-20(13-16(2)14-21(23)25(30)29(24)4)17(3)27-22-11-6-5-10-19(22)26(31)32/h5-14,17,27H,1-4H3,(H,31,32). The smallest absolute Gasteiger partial charge is 0.337 e. The maximum Gasteiger partial charge on any atom is 0.337 e. The first-order chi connectivity index (χ1) is 15.3. The van der Waals surface area contributed by atoms with E-state index in [1.807, 2.05) is 57.2 Å². The Labute approximate surface area is 186 Å². The second-order valence-corrected chi connectivity index (χ2v) is 8.14. The van der Waals surface area contributed by atoms with Crippen LogP contribution >= 0.6 is 0 Å². The van der Waals surface area contributed by atoms with E-state index in [1.54, 1.807) is 35.9 Å². The van der Waals surface area contributed by atoms with Crippen LogP contribution in [0, 0.1) is 13.8 Å². The Balaban J connectivity index is 1.90. The summed E-state index contributed by atoms with van der Waals surface area (Å²) in [7, 11) is 1.74. The van der Waals surface area contributed by atoms with Crippen LogP contribution in [0.4, 0.5) is 5.69 Å². The number of carbonyl (C=O) groups is 1. The molecule has 1 atom stereocenters. The van der Waals surface area contributed by atoms with E-state index in [0.29, 0.717) is 22.4 Å². The summed E-state index contributed by atoms with van der Waals surface area (Å²) < 4.78 is 1.58. The third kappa shape index (κ3) is 3.87. The molecular weight excluding hydrogens is 402 g/mol. The van der Waals surface area contributed by atoms with E-state index in [9.17, 15) is 14.7 Å². The van der Waals surface area contributed by atoms with Crippen molar-refractivity contribution in [3.63, 3.8) is 0 Å². The van der Waals surface area contributed by atoms with Crippen LogP contribution in [0.5, 0.6) is 0 Å². The molecule has 32 heavy (non-hydrogen) atoms. The van der Waals surface area contributed by atoms with Crippen molar-refractivity contribution >= 4 is 22.6 Å². The Bertz CT molecular complexity index is 1410. The molecule has 0 saturated carbocycles. The summed E-state index contributed by atoms with van der Waals surface area (Å²) in [5.41, 5.74) is 4.95. The predicted molar refractivity (Wildman–Crippen MR) is 127 cm³/mol. The summed E-state index contributed by atoms with van der Waals surface area (Å²) in [5, 5.41) is 13.4. The molecule has 4 rings (SSSR count). The number of para-hydroxylation sites is 1. The fourth-order valence-electron chi connectivity index (χ4n) is 4.03. The van der Waals surface area contributed by atoms with Gasteiger partial charge in [-0.15, -0.1) is 0 Å². The van der Waals surface area contributed by atoms with Crippen molar-refractivity contribution in [1.82, 2.24) is 9.55 Å². The average Bonchev–Trinajstić information content (AvgIpc) is 2.76. The zero-order chi connectivity index (χ0) is 23.0. The number of anilines is 1. The average molecular weight is 428 g/mol. The summed E-state index contributed by atoms with van der Waals surface area (Å²) in [6, 6.07) is 18.3. The van der Waals surface area contributed by atoms with Gasteiger partial charge in [0.15, 0.2) is 0 Å². The lowest BCUT2D eigenvalue weighted by atomic mass is 10.00. The third-order valence-electron chi connectivity index (χ3n) is 5.63. The molecule has 0 saturated heterocycles. The van der Waals surface area contributed by atoms with E-state index in [-0.39, 0.29) is 17.2 Å². The van der Waals surface area contributed by atoms with Crippen molar-refractivity contribution in [1.29, 1.82) is 0 Å². The van der Waals surface area contributed by atoms with Gasteiger partial charge in [-0.2, -0.15) is 0 Å². The van der Waals surface area contributed by atoms with Gasteiger partial charge in [0.1, 0.15) is 5.82 Å². The predicted octanol–water partition coefficient (Wildman–Crippen LogP) is 5.09. The number of aromatic nitrogens is 2. The van der Waals surface area contributed by atoms with Gasteiger partial charge in [-0.25, -0.2) is 9.78 Å². The second-order valence-electron chi connectivity index (χ2n) is 8.14. The Hall–Kier alpha value is -3.93. The van der Waals surface area contributed by atoms with E-state index in [0.717, 1.165) is 22.3 Å². The molecule has 4 aromatic rings. The summed E-state index contributed by atoms with van der Waals surface area (Å²) in [4.78, 5) is 29.8. The molecule has 0 amide bonds. The zero-order valence-corrected chi connectivity index (χ0v) is 18.5. The minimum atomic E-state index is -0.997. The molecule has 2 N–H and O–H groups in total. The molecule has 0 aliphatic rings. The molecule has 0 aliphatic carbocycles. The van der Waals surface area contributed by atoms with Gasteiger partial charge in [0.05, 0.1) is 22.5 Å². The van der Waals surface area contributed by atoms with E-state index in [2.05, 4.69) is 5.32 Å². The number of aryl methyl sites for hydroxylation is 2. The lowest BCUT2D eigenvalue weighted by Crippen LogP contribution is -2.22. The van der Waals surface area contributed by atoms with Crippen molar-refractivity contribution < 1.29 is 9.90 Å². The molecule has 3 aromatic carbocycles. The van der Waals surface area contributed by atoms with Crippen LogP contribution in [-0.4, -0.2) is 20.6 Å². The van der Waals surface area contributed by atoms with Crippen LogP contribution in [0.3, 0.4) is 0 Å². The SMILES string of the molecule is Cc1cccc(-c2nc3c(C(C)Nc4ccccc4C(=O)O)cc(C)cc3c(=O)n2C)c1. The molecule has 162 valence electrons. The molecule has 0 radical (unpaired) electrons. The Morgan fingerprint density at radius 1 is 1.03 bits per heavy atom.